The highest BCUT2D eigenvalue weighted by atomic mass is 16.5. The van der Waals surface area contributed by atoms with E-state index in [-0.39, 0.29) is 18.3 Å². The molecular formula is C17H23N3O3. The molecule has 0 fully saturated rings. The van der Waals surface area contributed by atoms with Crippen molar-refractivity contribution in [2.45, 2.75) is 34.1 Å². The maximum absolute atomic E-state index is 12.9. The number of carbonyl (C=O) groups is 2. The number of rotatable bonds is 6. The maximum atomic E-state index is 12.9. The summed E-state index contributed by atoms with van der Waals surface area (Å²) in [6, 6.07) is 3.86. The fraction of sp³-hybridized carbons (Fsp3) is 0.471. The minimum Gasteiger partial charge on any atom is -0.466 e. The van der Waals surface area contributed by atoms with Crippen LogP contribution in [0.3, 0.4) is 0 Å². The first kappa shape index (κ1) is 17.0. The number of amides is 1. The fourth-order valence-corrected chi connectivity index (χ4v) is 2.54. The van der Waals surface area contributed by atoms with Gasteiger partial charge in [-0.2, -0.15) is 0 Å². The Kier molecular flexibility index (Phi) is 5.36. The van der Waals surface area contributed by atoms with E-state index in [1.807, 2.05) is 43.5 Å². The predicted molar refractivity (Wildman–Crippen MR) is 87.5 cm³/mol. The molecule has 0 spiro atoms. The molecule has 0 N–H and O–H groups in total. The third-order valence-electron chi connectivity index (χ3n) is 3.70. The average molecular weight is 317 g/mol. The topological polar surface area (TPSA) is 63.9 Å². The van der Waals surface area contributed by atoms with Crippen LogP contribution in [0.5, 0.6) is 0 Å². The second-order valence-electron chi connectivity index (χ2n) is 5.42. The number of imidazole rings is 1. The van der Waals surface area contributed by atoms with Gasteiger partial charge in [-0.1, -0.05) is 6.07 Å². The Labute approximate surface area is 136 Å². The van der Waals surface area contributed by atoms with Crippen LogP contribution in [0, 0.1) is 13.8 Å². The standard InChI is InChI=1S/C17H23N3O3/c1-5-19(10-9-15(21)23-6-2)17(22)16-13(4)18-14-8-7-12(3)11-20(14)16/h7-8,11H,5-6,9-10H2,1-4H3. The van der Waals surface area contributed by atoms with Gasteiger partial charge in [0.2, 0.25) is 0 Å². The molecular weight excluding hydrogens is 294 g/mol. The fourth-order valence-electron chi connectivity index (χ4n) is 2.54. The lowest BCUT2D eigenvalue weighted by molar-refractivity contribution is -0.143. The van der Waals surface area contributed by atoms with Crippen molar-refractivity contribution in [1.29, 1.82) is 0 Å². The quantitative estimate of drug-likeness (QED) is 0.767. The number of aromatic nitrogens is 2. The lowest BCUT2D eigenvalue weighted by Crippen LogP contribution is -2.34. The number of hydrogen-bond donors (Lipinski definition) is 0. The first-order chi connectivity index (χ1) is 11.0. The third-order valence-corrected chi connectivity index (χ3v) is 3.70. The summed E-state index contributed by atoms with van der Waals surface area (Å²) in [5, 5.41) is 0. The van der Waals surface area contributed by atoms with Gasteiger partial charge in [-0.05, 0) is 39.3 Å². The summed E-state index contributed by atoms with van der Waals surface area (Å²) in [5.41, 5.74) is 3.04. The predicted octanol–water partition coefficient (Wildman–Crippen LogP) is 2.37. The van der Waals surface area contributed by atoms with E-state index in [0.29, 0.717) is 31.1 Å². The first-order valence-electron chi connectivity index (χ1n) is 7.88. The minimum absolute atomic E-state index is 0.118. The summed E-state index contributed by atoms with van der Waals surface area (Å²) in [6.45, 7) is 8.68. The molecule has 0 saturated carbocycles. The number of aryl methyl sites for hydroxylation is 2. The molecule has 0 aliphatic heterocycles. The highest BCUT2D eigenvalue weighted by molar-refractivity contribution is 5.95. The van der Waals surface area contributed by atoms with Crippen molar-refractivity contribution in [2.24, 2.45) is 0 Å². The van der Waals surface area contributed by atoms with Crippen molar-refractivity contribution < 1.29 is 14.3 Å². The maximum Gasteiger partial charge on any atom is 0.307 e. The van der Waals surface area contributed by atoms with Crippen LogP contribution in [0.4, 0.5) is 0 Å². The zero-order valence-electron chi connectivity index (χ0n) is 14.1. The van der Waals surface area contributed by atoms with E-state index in [1.165, 1.54) is 0 Å². The van der Waals surface area contributed by atoms with E-state index < -0.39 is 0 Å². The van der Waals surface area contributed by atoms with Crippen molar-refractivity contribution in [3.8, 4) is 0 Å². The van der Waals surface area contributed by atoms with Crippen molar-refractivity contribution in [1.82, 2.24) is 14.3 Å². The number of esters is 1. The van der Waals surface area contributed by atoms with Gasteiger partial charge in [0, 0.05) is 19.3 Å². The Morgan fingerprint density at radius 3 is 2.65 bits per heavy atom. The summed E-state index contributed by atoms with van der Waals surface area (Å²) < 4.78 is 6.74. The van der Waals surface area contributed by atoms with E-state index in [2.05, 4.69) is 4.98 Å². The van der Waals surface area contributed by atoms with Crippen LogP contribution in [-0.2, 0) is 9.53 Å². The molecule has 2 heterocycles. The van der Waals surface area contributed by atoms with Crippen LogP contribution >= 0.6 is 0 Å². The third kappa shape index (κ3) is 3.70. The first-order valence-corrected chi connectivity index (χ1v) is 7.88. The largest absolute Gasteiger partial charge is 0.466 e. The smallest absolute Gasteiger partial charge is 0.307 e. The molecule has 2 rings (SSSR count). The van der Waals surface area contributed by atoms with Gasteiger partial charge >= 0.3 is 5.97 Å². The molecule has 124 valence electrons. The average Bonchev–Trinajstić information content (AvgIpc) is 2.83. The second kappa shape index (κ2) is 7.26. The van der Waals surface area contributed by atoms with Crippen molar-refractivity contribution in [3.05, 3.63) is 35.3 Å². The van der Waals surface area contributed by atoms with E-state index in [9.17, 15) is 9.59 Å². The van der Waals surface area contributed by atoms with Crippen LogP contribution < -0.4 is 0 Å². The number of pyridine rings is 1. The van der Waals surface area contributed by atoms with Crippen molar-refractivity contribution in [3.63, 3.8) is 0 Å². The number of hydrogen-bond acceptors (Lipinski definition) is 4. The molecule has 0 radical (unpaired) electrons. The summed E-state index contributed by atoms with van der Waals surface area (Å²) >= 11 is 0. The molecule has 0 aromatic carbocycles. The summed E-state index contributed by atoms with van der Waals surface area (Å²) in [6.07, 6.45) is 2.10. The molecule has 6 nitrogen and oxygen atoms in total. The van der Waals surface area contributed by atoms with Crippen LogP contribution in [0.15, 0.2) is 18.3 Å². The highest BCUT2D eigenvalue weighted by Gasteiger charge is 2.22. The summed E-state index contributed by atoms with van der Waals surface area (Å²) in [7, 11) is 0. The molecule has 6 heteroatoms. The van der Waals surface area contributed by atoms with Crippen LogP contribution in [0.25, 0.3) is 5.65 Å². The summed E-state index contributed by atoms with van der Waals surface area (Å²) in [4.78, 5) is 30.5. The van der Waals surface area contributed by atoms with Gasteiger partial charge in [-0.3, -0.25) is 14.0 Å². The number of carbonyl (C=O) groups excluding carboxylic acids is 2. The Morgan fingerprint density at radius 2 is 2.00 bits per heavy atom. The van der Waals surface area contributed by atoms with Crippen molar-refractivity contribution in [2.75, 3.05) is 19.7 Å². The number of fused-ring (bicyclic) bond motifs is 1. The van der Waals surface area contributed by atoms with Gasteiger partial charge in [-0.15, -0.1) is 0 Å². The molecule has 1 amide bonds. The van der Waals surface area contributed by atoms with Crippen LogP contribution in [0.1, 0.15) is 42.0 Å². The highest BCUT2D eigenvalue weighted by Crippen LogP contribution is 2.16. The zero-order valence-corrected chi connectivity index (χ0v) is 14.1. The SMILES string of the molecule is CCOC(=O)CCN(CC)C(=O)c1c(C)nc2ccc(C)cn12. The monoisotopic (exact) mass is 317 g/mol. The lowest BCUT2D eigenvalue weighted by atomic mass is 10.2. The lowest BCUT2D eigenvalue weighted by Gasteiger charge is -2.20. The van der Waals surface area contributed by atoms with Gasteiger partial charge in [0.15, 0.2) is 0 Å². The van der Waals surface area contributed by atoms with Crippen LogP contribution in [-0.4, -0.2) is 45.9 Å². The van der Waals surface area contributed by atoms with Gasteiger partial charge < -0.3 is 9.64 Å². The molecule has 0 saturated heterocycles. The second-order valence-corrected chi connectivity index (χ2v) is 5.42. The molecule has 23 heavy (non-hydrogen) atoms. The molecule has 0 aliphatic carbocycles. The molecule has 2 aromatic rings. The Hall–Kier alpha value is -2.37. The Balaban J connectivity index is 2.25. The van der Waals surface area contributed by atoms with E-state index in [4.69, 9.17) is 4.74 Å². The van der Waals surface area contributed by atoms with Crippen LogP contribution in [0.2, 0.25) is 0 Å². The van der Waals surface area contributed by atoms with E-state index in [0.717, 1.165) is 11.2 Å². The summed E-state index contributed by atoms with van der Waals surface area (Å²) in [5.74, 6) is -0.406. The number of nitrogens with zero attached hydrogens (tertiary/aromatic N) is 3. The minimum atomic E-state index is -0.288. The number of ether oxygens (including phenoxy) is 1. The van der Waals surface area contributed by atoms with Gasteiger partial charge in [0.25, 0.3) is 5.91 Å². The molecule has 0 atom stereocenters. The Bertz CT molecular complexity index is 721. The van der Waals surface area contributed by atoms with Crippen molar-refractivity contribution >= 4 is 17.5 Å². The molecule has 2 aromatic heterocycles. The van der Waals surface area contributed by atoms with Gasteiger partial charge in [-0.25, -0.2) is 4.98 Å². The van der Waals surface area contributed by atoms with E-state index in [1.54, 1.807) is 11.8 Å². The zero-order chi connectivity index (χ0) is 17.0. The normalized spacial score (nSPS) is 10.8. The molecule has 0 aliphatic rings. The Morgan fingerprint density at radius 1 is 1.26 bits per heavy atom. The van der Waals surface area contributed by atoms with Gasteiger partial charge in [0.1, 0.15) is 11.3 Å². The van der Waals surface area contributed by atoms with Gasteiger partial charge in [0.05, 0.1) is 18.7 Å². The van der Waals surface area contributed by atoms with E-state index >= 15 is 0 Å². The molecule has 0 unspecified atom stereocenters. The molecule has 0 bridgehead atoms.